The Labute approximate surface area is 130 Å². The van der Waals surface area contributed by atoms with Crippen LogP contribution in [0, 0.1) is 0 Å². The number of carbonyl (C=O) groups excluding carboxylic acids is 1. The maximum absolute atomic E-state index is 12.0. The van der Waals surface area contributed by atoms with Gasteiger partial charge in [-0.15, -0.1) is 0 Å². The largest absolute Gasteiger partial charge is 0.453 e. The predicted octanol–water partition coefficient (Wildman–Crippen LogP) is 3.69. The van der Waals surface area contributed by atoms with Crippen molar-refractivity contribution in [2.24, 2.45) is 0 Å². The first kappa shape index (κ1) is 14.4. The highest BCUT2D eigenvalue weighted by molar-refractivity contribution is 5.92. The van der Waals surface area contributed by atoms with Gasteiger partial charge in [0.15, 0.2) is 0 Å². The molecule has 0 bridgehead atoms. The minimum atomic E-state index is -0.310. The number of carbonyl (C=O) groups is 1. The van der Waals surface area contributed by atoms with Crippen molar-refractivity contribution in [2.45, 2.75) is 12.0 Å². The van der Waals surface area contributed by atoms with E-state index in [9.17, 15) is 4.79 Å². The monoisotopic (exact) mass is 293 g/mol. The second-order valence-corrected chi connectivity index (χ2v) is 5.73. The van der Waals surface area contributed by atoms with Crippen LogP contribution in [0.2, 0.25) is 0 Å². The Hall–Kier alpha value is -2.55. The van der Waals surface area contributed by atoms with Gasteiger partial charge in [-0.25, -0.2) is 4.79 Å². The Kier molecular flexibility index (Phi) is 3.72. The normalized spacial score (nSPS) is 20.8. The fraction of sp³-hybridized carbons (Fsp3) is 0.211. The third-order valence-corrected chi connectivity index (χ3v) is 4.07. The summed E-state index contributed by atoms with van der Waals surface area (Å²) in [6.45, 7) is 3.93. The number of nitrogens with zero attached hydrogens (tertiary/aromatic N) is 1. The molecule has 0 amide bonds. The van der Waals surface area contributed by atoms with Crippen molar-refractivity contribution in [1.82, 2.24) is 0 Å². The molecule has 0 N–H and O–H groups in total. The maximum atomic E-state index is 12.0. The van der Waals surface area contributed by atoms with Crippen LogP contribution in [0.4, 0.5) is 5.69 Å². The molecule has 22 heavy (non-hydrogen) atoms. The molecule has 3 rings (SSSR count). The number of esters is 1. The van der Waals surface area contributed by atoms with E-state index >= 15 is 0 Å². The van der Waals surface area contributed by atoms with Gasteiger partial charge in [0.2, 0.25) is 0 Å². The summed E-state index contributed by atoms with van der Waals surface area (Å²) in [6, 6.07) is 18.0. The topological polar surface area (TPSA) is 29.5 Å². The molecule has 3 heteroatoms. The summed E-state index contributed by atoms with van der Waals surface area (Å²) in [7, 11) is 4.00. The van der Waals surface area contributed by atoms with Crippen LogP contribution in [-0.2, 0) is 9.53 Å². The van der Waals surface area contributed by atoms with Crippen molar-refractivity contribution >= 4 is 11.7 Å². The van der Waals surface area contributed by atoms with Crippen LogP contribution in [-0.4, -0.2) is 20.1 Å². The third-order valence-electron chi connectivity index (χ3n) is 4.07. The summed E-state index contributed by atoms with van der Waals surface area (Å²) < 4.78 is 5.57. The van der Waals surface area contributed by atoms with Crippen molar-refractivity contribution in [3.63, 3.8) is 0 Å². The summed E-state index contributed by atoms with van der Waals surface area (Å²) in [6.07, 6.45) is -0.307. The lowest BCUT2D eigenvalue weighted by Crippen LogP contribution is -2.10. The molecule has 0 aliphatic carbocycles. The van der Waals surface area contributed by atoms with Gasteiger partial charge in [-0.05, 0) is 23.3 Å². The van der Waals surface area contributed by atoms with E-state index < -0.39 is 0 Å². The Morgan fingerprint density at radius 1 is 0.955 bits per heavy atom. The predicted molar refractivity (Wildman–Crippen MR) is 87.9 cm³/mol. The number of hydrogen-bond donors (Lipinski definition) is 0. The number of ether oxygens (including phenoxy) is 1. The lowest BCUT2D eigenvalue weighted by molar-refractivity contribution is -0.139. The van der Waals surface area contributed by atoms with Gasteiger partial charge in [-0.1, -0.05) is 49.0 Å². The Morgan fingerprint density at radius 2 is 1.59 bits per heavy atom. The van der Waals surface area contributed by atoms with Crippen LogP contribution in [0.15, 0.2) is 66.7 Å². The fourth-order valence-electron chi connectivity index (χ4n) is 2.83. The van der Waals surface area contributed by atoms with Gasteiger partial charge in [-0.3, -0.25) is 0 Å². The second kappa shape index (κ2) is 5.68. The first-order valence-corrected chi connectivity index (χ1v) is 7.30. The molecule has 3 nitrogen and oxygen atoms in total. The molecule has 1 aliphatic rings. The van der Waals surface area contributed by atoms with Gasteiger partial charge >= 0.3 is 5.97 Å². The molecule has 0 radical (unpaired) electrons. The Morgan fingerprint density at radius 3 is 2.18 bits per heavy atom. The number of benzene rings is 2. The first-order chi connectivity index (χ1) is 10.6. The van der Waals surface area contributed by atoms with Crippen LogP contribution < -0.4 is 4.90 Å². The molecule has 1 fully saturated rings. The third kappa shape index (κ3) is 2.50. The van der Waals surface area contributed by atoms with Gasteiger partial charge in [-0.2, -0.15) is 0 Å². The highest BCUT2D eigenvalue weighted by Gasteiger charge is 2.40. The number of rotatable bonds is 3. The smallest absolute Gasteiger partial charge is 0.334 e. The molecule has 112 valence electrons. The molecule has 0 aromatic heterocycles. The summed E-state index contributed by atoms with van der Waals surface area (Å²) in [5, 5.41) is 0. The minimum Gasteiger partial charge on any atom is -0.453 e. The molecule has 0 saturated carbocycles. The van der Waals surface area contributed by atoms with E-state index in [1.807, 2.05) is 73.6 Å². The highest BCUT2D eigenvalue weighted by Crippen LogP contribution is 2.45. The molecular weight excluding hydrogens is 274 g/mol. The van der Waals surface area contributed by atoms with E-state index in [1.54, 1.807) is 0 Å². The van der Waals surface area contributed by atoms with E-state index in [1.165, 1.54) is 0 Å². The fourth-order valence-corrected chi connectivity index (χ4v) is 2.83. The quantitative estimate of drug-likeness (QED) is 0.638. The van der Waals surface area contributed by atoms with E-state index in [2.05, 4.69) is 6.58 Å². The van der Waals surface area contributed by atoms with Gasteiger partial charge in [0.25, 0.3) is 0 Å². The summed E-state index contributed by atoms with van der Waals surface area (Å²) in [4.78, 5) is 14.0. The SMILES string of the molecule is C=C1C(=O)O[C@H](c2ccc(N(C)C)cc2)[C@@H]1c1ccccc1. The lowest BCUT2D eigenvalue weighted by Gasteiger charge is -2.20. The van der Waals surface area contributed by atoms with Crippen LogP contribution in [0.1, 0.15) is 23.1 Å². The lowest BCUT2D eigenvalue weighted by atomic mass is 9.86. The van der Waals surface area contributed by atoms with E-state index in [0.717, 1.165) is 16.8 Å². The van der Waals surface area contributed by atoms with Crippen molar-refractivity contribution in [3.8, 4) is 0 Å². The van der Waals surface area contributed by atoms with Gasteiger partial charge in [0.1, 0.15) is 6.10 Å². The Bertz CT molecular complexity index is 689. The molecule has 1 heterocycles. The van der Waals surface area contributed by atoms with Crippen LogP contribution in [0.25, 0.3) is 0 Å². The first-order valence-electron chi connectivity index (χ1n) is 7.30. The summed E-state index contributed by atoms with van der Waals surface area (Å²) in [5.41, 5.74) is 3.68. The van der Waals surface area contributed by atoms with Crippen molar-refractivity contribution < 1.29 is 9.53 Å². The molecule has 2 aromatic carbocycles. The van der Waals surface area contributed by atoms with E-state index in [4.69, 9.17) is 4.74 Å². The molecule has 0 unspecified atom stereocenters. The van der Waals surface area contributed by atoms with Crippen LogP contribution in [0.3, 0.4) is 0 Å². The second-order valence-electron chi connectivity index (χ2n) is 5.73. The van der Waals surface area contributed by atoms with E-state index in [0.29, 0.717) is 5.57 Å². The number of anilines is 1. The average molecular weight is 293 g/mol. The average Bonchev–Trinajstić information content (AvgIpc) is 2.84. The van der Waals surface area contributed by atoms with Crippen molar-refractivity contribution in [3.05, 3.63) is 77.9 Å². The van der Waals surface area contributed by atoms with Crippen molar-refractivity contribution in [1.29, 1.82) is 0 Å². The molecule has 2 atom stereocenters. The van der Waals surface area contributed by atoms with Crippen LogP contribution in [0.5, 0.6) is 0 Å². The standard InChI is InChI=1S/C19H19NO2/c1-13-17(14-7-5-4-6-8-14)18(22-19(13)21)15-9-11-16(12-10-15)20(2)3/h4-12,17-18H,1H2,2-3H3/t17-,18+/m0/s1. The summed E-state index contributed by atoms with van der Waals surface area (Å²) >= 11 is 0. The van der Waals surface area contributed by atoms with E-state index in [-0.39, 0.29) is 18.0 Å². The zero-order valence-electron chi connectivity index (χ0n) is 12.8. The number of hydrogen-bond acceptors (Lipinski definition) is 3. The Balaban J connectivity index is 1.97. The molecule has 1 aliphatic heterocycles. The highest BCUT2D eigenvalue weighted by atomic mass is 16.6. The number of cyclic esters (lactones) is 1. The molecular formula is C19H19NO2. The molecule has 1 saturated heterocycles. The maximum Gasteiger partial charge on any atom is 0.334 e. The molecule has 2 aromatic rings. The summed E-state index contributed by atoms with van der Waals surface area (Å²) in [5.74, 6) is -0.436. The zero-order chi connectivity index (χ0) is 15.7. The van der Waals surface area contributed by atoms with Crippen LogP contribution >= 0.6 is 0 Å². The zero-order valence-corrected chi connectivity index (χ0v) is 12.8. The van der Waals surface area contributed by atoms with Gasteiger partial charge < -0.3 is 9.64 Å². The van der Waals surface area contributed by atoms with Crippen molar-refractivity contribution in [2.75, 3.05) is 19.0 Å². The molecule has 0 spiro atoms. The van der Waals surface area contributed by atoms with Gasteiger partial charge in [0.05, 0.1) is 5.92 Å². The minimum absolute atomic E-state index is 0.126. The van der Waals surface area contributed by atoms with Gasteiger partial charge in [0, 0.05) is 25.4 Å².